The van der Waals surface area contributed by atoms with Crippen LogP contribution >= 0.6 is 11.6 Å². The summed E-state index contributed by atoms with van der Waals surface area (Å²) >= 11 is 5.85. The van der Waals surface area contributed by atoms with E-state index >= 15 is 0 Å². The molecule has 0 atom stereocenters. The molecule has 0 amide bonds. The fourth-order valence-electron chi connectivity index (χ4n) is 2.48. The Morgan fingerprint density at radius 1 is 1.07 bits per heavy atom. The van der Waals surface area contributed by atoms with Crippen LogP contribution in [-0.2, 0) is 6.18 Å². The van der Waals surface area contributed by atoms with Crippen LogP contribution in [0.15, 0.2) is 53.1 Å². The van der Waals surface area contributed by atoms with Crippen molar-refractivity contribution in [3.8, 4) is 28.7 Å². The Morgan fingerprint density at radius 3 is 2.54 bits per heavy atom. The number of benzene rings is 2. The Hall–Kier alpha value is -3.40. The molecule has 7 nitrogen and oxygen atoms in total. The van der Waals surface area contributed by atoms with Gasteiger partial charge < -0.3 is 10.3 Å². The molecule has 142 valence electrons. The molecule has 0 fully saturated rings. The van der Waals surface area contributed by atoms with Crippen molar-refractivity contribution >= 4 is 17.4 Å². The largest absolute Gasteiger partial charge is 0.416 e. The van der Waals surface area contributed by atoms with Crippen LogP contribution in [0.25, 0.3) is 28.7 Å². The van der Waals surface area contributed by atoms with Gasteiger partial charge in [0.1, 0.15) is 0 Å². The second-order valence-electron chi connectivity index (χ2n) is 5.71. The molecule has 4 aromatic rings. The van der Waals surface area contributed by atoms with E-state index in [1.54, 1.807) is 24.3 Å². The van der Waals surface area contributed by atoms with Crippen LogP contribution in [-0.4, -0.2) is 25.1 Å². The molecule has 0 bridgehead atoms. The highest BCUT2D eigenvalue weighted by Gasteiger charge is 2.31. The van der Waals surface area contributed by atoms with Gasteiger partial charge in [-0.05, 0) is 42.5 Å². The summed E-state index contributed by atoms with van der Waals surface area (Å²) in [5.74, 6) is 0.228. The van der Waals surface area contributed by atoms with Crippen molar-refractivity contribution in [3.05, 3.63) is 59.1 Å². The molecule has 2 heterocycles. The third-order valence-electron chi connectivity index (χ3n) is 3.85. The van der Waals surface area contributed by atoms with Crippen molar-refractivity contribution in [2.75, 3.05) is 5.73 Å². The number of halogens is 4. The fraction of sp³-hybridized carbons (Fsp3) is 0.0588. The number of nitrogens with two attached hydrogens (primary N) is 1. The fourth-order valence-corrected chi connectivity index (χ4v) is 2.61. The summed E-state index contributed by atoms with van der Waals surface area (Å²) in [6.45, 7) is 0. The minimum atomic E-state index is -4.49. The van der Waals surface area contributed by atoms with E-state index in [1.165, 1.54) is 12.1 Å². The lowest BCUT2D eigenvalue weighted by atomic mass is 10.2. The zero-order chi connectivity index (χ0) is 19.9. The Morgan fingerprint density at radius 2 is 1.82 bits per heavy atom. The zero-order valence-corrected chi connectivity index (χ0v) is 14.6. The van der Waals surface area contributed by atoms with Gasteiger partial charge in [0.05, 0.1) is 11.3 Å². The Labute approximate surface area is 160 Å². The van der Waals surface area contributed by atoms with E-state index in [0.29, 0.717) is 10.6 Å². The smallest absolute Gasteiger partial charge is 0.382 e. The summed E-state index contributed by atoms with van der Waals surface area (Å²) in [6, 6.07) is 11.3. The molecule has 2 N–H and O–H groups in total. The van der Waals surface area contributed by atoms with E-state index in [2.05, 4.69) is 20.5 Å². The first kappa shape index (κ1) is 18.0. The topological polar surface area (TPSA) is 95.7 Å². The molecule has 11 heteroatoms. The van der Waals surface area contributed by atoms with Crippen LogP contribution in [0, 0.1) is 0 Å². The van der Waals surface area contributed by atoms with Crippen LogP contribution < -0.4 is 5.73 Å². The number of nitrogens with zero attached hydrogens (tertiary/aromatic N) is 5. The minimum absolute atomic E-state index is 0.0133. The molecule has 0 aliphatic heterocycles. The van der Waals surface area contributed by atoms with Crippen molar-refractivity contribution < 1.29 is 17.7 Å². The van der Waals surface area contributed by atoms with Crippen LogP contribution in [0.1, 0.15) is 5.56 Å². The van der Waals surface area contributed by atoms with Crippen molar-refractivity contribution in [2.24, 2.45) is 0 Å². The van der Waals surface area contributed by atoms with E-state index in [-0.39, 0.29) is 28.9 Å². The molecule has 28 heavy (non-hydrogen) atoms. The predicted molar refractivity (Wildman–Crippen MR) is 94.5 cm³/mol. The van der Waals surface area contributed by atoms with Gasteiger partial charge in [0.2, 0.25) is 5.82 Å². The molecule has 0 unspecified atom stereocenters. The quantitative estimate of drug-likeness (QED) is 0.546. The summed E-state index contributed by atoms with van der Waals surface area (Å²) in [6.07, 6.45) is -4.49. The molecule has 2 aromatic heterocycles. The van der Waals surface area contributed by atoms with Gasteiger partial charge in [-0.15, -0.1) is 5.10 Å². The predicted octanol–water partition coefficient (Wildman–Crippen LogP) is 4.24. The molecule has 0 aliphatic rings. The molecular formula is C17H10ClF3N6O. The normalized spacial score (nSPS) is 11.7. The van der Waals surface area contributed by atoms with E-state index < -0.39 is 11.7 Å². The highest BCUT2D eigenvalue weighted by molar-refractivity contribution is 6.30. The van der Waals surface area contributed by atoms with E-state index in [1.807, 2.05) is 0 Å². The van der Waals surface area contributed by atoms with Crippen molar-refractivity contribution in [1.29, 1.82) is 0 Å². The third-order valence-corrected chi connectivity index (χ3v) is 4.11. The lowest BCUT2D eigenvalue weighted by molar-refractivity contribution is -0.137. The molecule has 0 saturated heterocycles. The maximum Gasteiger partial charge on any atom is 0.416 e. The average Bonchev–Trinajstić information content (AvgIpc) is 3.28. The second kappa shape index (κ2) is 6.64. The van der Waals surface area contributed by atoms with Gasteiger partial charge in [0.15, 0.2) is 11.5 Å². The molecular weight excluding hydrogens is 397 g/mol. The van der Waals surface area contributed by atoms with Crippen LogP contribution in [0.4, 0.5) is 19.0 Å². The monoisotopic (exact) mass is 406 g/mol. The summed E-state index contributed by atoms with van der Waals surface area (Å²) in [5, 5.41) is 12.1. The maximum absolute atomic E-state index is 12.9. The van der Waals surface area contributed by atoms with Gasteiger partial charge in [-0.1, -0.05) is 28.0 Å². The lowest BCUT2D eigenvalue weighted by Crippen LogP contribution is -2.08. The first-order valence-corrected chi connectivity index (χ1v) is 8.19. The first-order chi connectivity index (χ1) is 13.3. The van der Waals surface area contributed by atoms with E-state index in [9.17, 15) is 13.2 Å². The number of hydrogen-bond acceptors (Lipinski definition) is 6. The van der Waals surface area contributed by atoms with Gasteiger partial charge in [0.25, 0.3) is 5.89 Å². The number of hydrogen-bond donors (Lipinski definition) is 1. The van der Waals surface area contributed by atoms with Crippen molar-refractivity contribution in [3.63, 3.8) is 0 Å². The second-order valence-corrected chi connectivity index (χ2v) is 6.15. The summed E-state index contributed by atoms with van der Waals surface area (Å²) in [5.41, 5.74) is 5.99. The summed E-state index contributed by atoms with van der Waals surface area (Å²) in [4.78, 5) is 4.21. The standard InChI is InChI=1S/C17H10ClF3N6O/c18-11-6-4-9(5-7-11)15-23-16(28-25-15)13-14(22)27(26-24-13)12-3-1-2-10(8-12)17(19,20)21/h1-8H,22H2. The van der Waals surface area contributed by atoms with Gasteiger partial charge in [-0.3, -0.25) is 0 Å². The molecule has 0 spiro atoms. The molecule has 0 radical (unpaired) electrons. The molecule has 0 saturated carbocycles. The maximum atomic E-state index is 12.9. The lowest BCUT2D eigenvalue weighted by Gasteiger charge is -2.09. The van der Waals surface area contributed by atoms with Crippen molar-refractivity contribution in [1.82, 2.24) is 25.1 Å². The number of rotatable bonds is 3. The molecule has 2 aromatic carbocycles. The third kappa shape index (κ3) is 3.29. The van der Waals surface area contributed by atoms with Gasteiger partial charge >= 0.3 is 6.18 Å². The SMILES string of the molecule is Nc1c(-c2nc(-c3ccc(Cl)cc3)no2)nnn1-c1cccc(C(F)(F)F)c1. The van der Waals surface area contributed by atoms with E-state index in [0.717, 1.165) is 16.8 Å². The zero-order valence-electron chi connectivity index (χ0n) is 13.9. The Kier molecular flexibility index (Phi) is 4.27. The Balaban J connectivity index is 1.69. The summed E-state index contributed by atoms with van der Waals surface area (Å²) in [7, 11) is 0. The number of alkyl halides is 3. The van der Waals surface area contributed by atoms with E-state index in [4.69, 9.17) is 21.9 Å². The number of aromatic nitrogens is 5. The highest BCUT2D eigenvalue weighted by atomic mass is 35.5. The van der Waals surface area contributed by atoms with Crippen LogP contribution in [0.3, 0.4) is 0 Å². The molecule has 4 rings (SSSR count). The van der Waals surface area contributed by atoms with Crippen LogP contribution in [0.2, 0.25) is 5.02 Å². The van der Waals surface area contributed by atoms with Gasteiger partial charge in [-0.2, -0.15) is 22.8 Å². The first-order valence-electron chi connectivity index (χ1n) is 7.82. The number of anilines is 1. The number of nitrogen functional groups attached to an aromatic ring is 1. The van der Waals surface area contributed by atoms with Crippen LogP contribution in [0.5, 0.6) is 0 Å². The highest BCUT2D eigenvalue weighted by Crippen LogP contribution is 2.32. The van der Waals surface area contributed by atoms with Gasteiger partial charge in [-0.25, -0.2) is 0 Å². The molecule has 0 aliphatic carbocycles. The minimum Gasteiger partial charge on any atom is -0.382 e. The van der Waals surface area contributed by atoms with Crippen molar-refractivity contribution in [2.45, 2.75) is 6.18 Å². The van der Waals surface area contributed by atoms with Gasteiger partial charge in [0, 0.05) is 10.6 Å². The summed E-state index contributed by atoms with van der Waals surface area (Å²) < 4.78 is 45.0. The Bertz CT molecular complexity index is 1140. The average molecular weight is 407 g/mol.